The largest absolute Gasteiger partial charge is 0.381 e. The third kappa shape index (κ3) is 5.42. The monoisotopic (exact) mass is 438 g/mol. The van der Waals surface area contributed by atoms with Gasteiger partial charge < -0.3 is 21.3 Å². The highest BCUT2D eigenvalue weighted by Crippen LogP contribution is 2.38. The van der Waals surface area contributed by atoms with Crippen LogP contribution >= 0.6 is 0 Å². The third-order valence-electron chi connectivity index (χ3n) is 5.49. The van der Waals surface area contributed by atoms with Crippen molar-refractivity contribution in [2.75, 3.05) is 19.4 Å². The van der Waals surface area contributed by atoms with Gasteiger partial charge in [0.2, 0.25) is 5.91 Å². The van der Waals surface area contributed by atoms with Gasteiger partial charge in [-0.25, -0.2) is 4.39 Å². The molecule has 170 valence electrons. The van der Waals surface area contributed by atoms with Crippen LogP contribution in [0.15, 0.2) is 55.6 Å². The van der Waals surface area contributed by atoms with Crippen LogP contribution < -0.4 is 16.4 Å². The van der Waals surface area contributed by atoms with Gasteiger partial charge in [0.1, 0.15) is 5.82 Å². The maximum absolute atomic E-state index is 14.4. The number of nitrogens with one attached hydrogen (secondary N) is 2. The molecule has 1 unspecified atom stereocenters. The highest BCUT2D eigenvalue weighted by atomic mass is 19.1. The van der Waals surface area contributed by atoms with E-state index in [1.807, 2.05) is 24.3 Å². The zero-order valence-electron chi connectivity index (χ0n) is 18.7. The quantitative estimate of drug-likeness (QED) is 0.411. The lowest BCUT2D eigenvalue weighted by atomic mass is 10.1. The Morgan fingerprint density at radius 2 is 2.00 bits per heavy atom. The first-order valence-electron chi connectivity index (χ1n) is 10.4. The molecule has 0 spiro atoms. The number of carbonyl (C=O) groups is 2. The summed E-state index contributed by atoms with van der Waals surface area (Å²) in [5.74, 6) is -0.509. The van der Waals surface area contributed by atoms with Crippen LogP contribution in [0.25, 0.3) is 5.70 Å². The van der Waals surface area contributed by atoms with Gasteiger partial charge in [0.15, 0.2) is 6.29 Å². The molecular formula is C25H31FN4O2. The molecule has 0 fully saturated rings. The molecule has 0 aromatic heterocycles. The Kier molecular flexibility index (Phi) is 9.16. The molecule has 7 heteroatoms. The van der Waals surface area contributed by atoms with Crippen molar-refractivity contribution < 1.29 is 14.0 Å². The number of nitrogens with zero attached hydrogens (tertiary/aromatic N) is 1. The number of aldehydes is 1. The van der Waals surface area contributed by atoms with Crippen LogP contribution in [0.5, 0.6) is 0 Å². The summed E-state index contributed by atoms with van der Waals surface area (Å²) in [4.78, 5) is 24.8. The van der Waals surface area contributed by atoms with Crippen LogP contribution in [0.4, 0.5) is 10.1 Å². The summed E-state index contributed by atoms with van der Waals surface area (Å²) < 4.78 is 14.4. The van der Waals surface area contributed by atoms with E-state index in [1.165, 1.54) is 13.1 Å². The van der Waals surface area contributed by atoms with E-state index >= 15 is 0 Å². The van der Waals surface area contributed by atoms with E-state index in [9.17, 15) is 14.0 Å². The molecule has 2 aromatic carbocycles. The fraction of sp³-hybridized carbons (Fsp3) is 0.280. The number of anilines is 1. The first-order chi connectivity index (χ1) is 15.5. The van der Waals surface area contributed by atoms with Crippen molar-refractivity contribution in [3.63, 3.8) is 0 Å². The number of halogens is 1. The van der Waals surface area contributed by atoms with Crippen molar-refractivity contribution in [2.45, 2.75) is 32.0 Å². The number of rotatable bonds is 9. The highest BCUT2D eigenvalue weighted by Gasteiger charge is 2.29. The Balaban J connectivity index is 0.00000176. The van der Waals surface area contributed by atoms with Crippen LogP contribution in [0.2, 0.25) is 0 Å². The molecule has 0 aliphatic carbocycles. The normalized spacial score (nSPS) is 12.9. The Morgan fingerprint density at radius 3 is 2.66 bits per heavy atom. The maximum atomic E-state index is 14.4. The molecule has 0 saturated heterocycles. The number of carbonyl (C=O) groups excluding carboxylic acids is 2. The minimum atomic E-state index is -0.500. The number of benzene rings is 2. The molecule has 1 atom stereocenters. The van der Waals surface area contributed by atoms with Gasteiger partial charge >= 0.3 is 0 Å². The van der Waals surface area contributed by atoms with E-state index in [2.05, 4.69) is 34.4 Å². The Labute approximate surface area is 189 Å². The van der Waals surface area contributed by atoms with E-state index in [-0.39, 0.29) is 24.1 Å². The highest BCUT2D eigenvalue weighted by molar-refractivity contribution is 5.77. The van der Waals surface area contributed by atoms with Crippen molar-refractivity contribution in [1.82, 2.24) is 10.2 Å². The SMILES string of the molecule is C=CC(CCC(=O)NC)N1Cc2c(NCc3cccc(C=O)c3F)cccc2C1=C.CN. The molecule has 32 heavy (non-hydrogen) atoms. The van der Waals surface area contributed by atoms with Crippen LogP contribution in [-0.4, -0.2) is 37.2 Å². The molecule has 1 heterocycles. The van der Waals surface area contributed by atoms with E-state index in [0.29, 0.717) is 31.2 Å². The van der Waals surface area contributed by atoms with E-state index in [0.717, 1.165) is 22.5 Å². The summed E-state index contributed by atoms with van der Waals surface area (Å²) in [7, 11) is 3.13. The van der Waals surface area contributed by atoms with Gasteiger partial charge in [-0.3, -0.25) is 9.59 Å². The van der Waals surface area contributed by atoms with Crippen molar-refractivity contribution in [2.24, 2.45) is 5.73 Å². The number of hydrogen-bond donors (Lipinski definition) is 3. The van der Waals surface area contributed by atoms with E-state index < -0.39 is 5.82 Å². The molecule has 1 aliphatic heterocycles. The second kappa shape index (κ2) is 11.8. The Morgan fingerprint density at radius 1 is 1.28 bits per heavy atom. The average molecular weight is 439 g/mol. The molecule has 3 rings (SSSR count). The molecule has 0 radical (unpaired) electrons. The topological polar surface area (TPSA) is 87.5 Å². The van der Waals surface area contributed by atoms with E-state index in [1.54, 1.807) is 19.2 Å². The summed E-state index contributed by atoms with van der Waals surface area (Å²) in [6.07, 6.45) is 3.41. The van der Waals surface area contributed by atoms with Gasteiger partial charge in [0, 0.05) is 60.7 Å². The van der Waals surface area contributed by atoms with Crippen LogP contribution in [0, 0.1) is 5.82 Å². The second-order valence-corrected chi connectivity index (χ2v) is 7.21. The number of hydrogen-bond acceptors (Lipinski definition) is 5. The van der Waals surface area contributed by atoms with Crippen LogP contribution in [0.3, 0.4) is 0 Å². The first-order valence-corrected chi connectivity index (χ1v) is 10.4. The van der Waals surface area contributed by atoms with Crippen molar-refractivity contribution in [1.29, 1.82) is 0 Å². The predicted molar refractivity (Wildman–Crippen MR) is 128 cm³/mol. The Bertz CT molecular complexity index is 990. The fourth-order valence-corrected chi connectivity index (χ4v) is 3.75. The number of amides is 1. The fourth-order valence-electron chi connectivity index (χ4n) is 3.75. The number of nitrogens with two attached hydrogens (primary N) is 1. The van der Waals surface area contributed by atoms with Gasteiger partial charge in [-0.05, 0) is 25.6 Å². The second-order valence-electron chi connectivity index (χ2n) is 7.21. The molecule has 2 aromatic rings. The minimum absolute atomic E-state index is 0.00823. The molecule has 1 aliphatic rings. The van der Waals surface area contributed by atoms with Gasteiger partial charge in [0.25, 0.3) is 0 Å². The summed E-state index contributed by atoms with van der Waals surface area (Å²) in [6.45, 7) is 9.06. The average Bonchev–Trinajstić information content (AvgIpc) is 3.17. The van der Waals surface area contributed by atoms with Gasteiger partial charge in [-0.15, -0.1) is 6.58 Å². The van der Waals surface area contributed by atoms with Crippen molar-refractivity contribution in [3.05, 3.63) is 83.7 Å². The van der Waals surface area contributed by atoms with Crippen LogP contribution in [0.1, 0.15) is 39.9 Å². The van der Waals surface area contributed by atoms with Crippen molar-refractivity contribution >= 4 is 23.6 Å². The number of fused-ring (bicyclic) bond motifs is 1. The molecule has 6 nitrogen and oxygen atoms in total. The minimum Gasteiger partial charge on any atom is -0.381 e. The molecular weight excluding hydrogens is 407 g/mol. The Hall–Kier alpha value is -3.45. The standard InChI is InChI=1S/C24H26FN3O2.CH5N/c1-4-19(11-12-23(30)26-3)28-14-21-20(16(28)2)9-6-10-22(21)27-13-17-7-5-8-18(15-29)24(17)25;1-2/h4-10,15,19,27H,1-2,11-14H2,3H3,(H,26,30);2H2,1H3. The summed E-state index contributed by atoms with van der Waals surface area (Å²) in [5.41, 5.74) is 8.85. The first kappa shape index (κ1) is 24.8. The summed E-state index contributed by atoms with van der Waals surface area (Å²) in [6, 6.07) is 10.7. The van der Waals surface area contributed by atoms with Crippen LogP contribution in [-0.2, 0) is 17.9 Å². The summed E-state index contributed by atoms with van der Waals surface area (Å²) in [5, 5.41) is 5.94. The van der Waals surface area contributed by atoms with Crippen molar-refractivity contribution in [3.8, 4) is 0 Å². The molecule has 0 saturated carbocycles. The maximum Gasteiger partial charge on any atom is 0.219 e. The van der Waals surface area contributed by atoms with E-state index in [4.69, 9.17) is 0 Å². The van der Waals surface area contributed by atoms with Gasteiger partial charge in [0.05, 0.1) is 5.56 Å². The lowest BCUT2D eigenvalue weighted by Gasteiger charge is -2.28. The smallest absolute Gasteiger partial charge is 0.219 e. The molecule has 4 N–H and O–H groups in total. The van der Waals surface area contributed by atoms with Gasteiger partial charge in [-0.2, -0.15) is 0 Å². The predicted octanol–water partition coefficient (Wildman–Crippen LogP) is 3.69. The zero-order chi connectivity index (χ0) is 23.7. The molecule has 1 amide bonds. The third-order valence-corrected chi connectivity index (χ3v) is 5.49. The zero-order valence-corrected chi connectivity index (χ0v) is 18.7. The summed E-state index contributed by atoms with van der Waals surface area (Å²) >= 11 is 0. The lowest BCUT2D eigenvalue weighted by Crippen LogP contribution is -2.30. The molecule has 0 bridgehead atoms. The lowest BCUT2D eigenvalue weighted by molar-refractivity contribution is -0.120. The van der Waals surface area contributed by atoms with Gasteiger partial charge in [-0.1, -0.05) is 36.9 Å².